The van der Waals surface area contributed by atoms with Crippen molar-refractivity contribution in [3.8, 4) is 11.5 Å². The molecular formula is C11H15NO3. The fraction of sp³-hybridized carbons (Fsp3) is 0.455. The number of hydrogen-bond acceptors (Lipinski definition) is 4. The predicted molar refractivity (Wildman–Crippen MR) is 56.0 cm³/mol. The molecule has 0 aromatic heterocycles. The first-order valence-corrected chi connectivity index (χ1v) is 5.05. The van der Waals surface area contributed by atoms with E-state index in [1.165, 1.54) is 0 Å². The van der Waals surface area contributed by atoms with Gasteiger partial charge in [0.1, 0.15) is 0 Å². The van der Waals surface area contributed by atoms with Crippen LogP contribution in [-0.2, 0) is 6.42 Å². The summed E-state index contributed by atoms with van der Waals surface area (Å²) in [6.07, 6.45) is 0.815. The molecule has 1 heterocycles. The first kappa shape index (κ1) is 10.3. The number of nitrogens with two attached hydrogens (primary N) is 1. The summed E-state index contributed by atoms with van der Waals surface area (Å²) in [4.78, 5) is 0. The van der Waals surface area contributed by atoms with Crippen LogP contribution in [0, 0.1) is 0 Å². The maximum Gasteiger partial charge on any atom is 0.231 e. The van der Waals surface area contributed by atoms with Crippen LogP contribution in [0.2, 0.25) is 0 Å². The van der Waals surface area contributed by atoms with Crippen molar-refractivity contribution < 1.29 is 14.6 Å². The Bertz CT molecular complexity index is 365. The molecule has 2 rings (SSSR count). The van der Waals surface area contributed by atoms with E-state index < -0.39 is 0 Å². The molecule has 0 aliphatic carbocycles. The molecule has 1 aliphatic heterocycles. The van der Waals surface area contributed by atoms with Crippen LogP contribution in [0.4, 0.5) is 0 Å². The summed E-state index contributed by atoms with van der Waals surface area (Å²) >= 11 is 0. The van der Waals surface area contributed by atoms with Gasteiger partial charge in [0.05, 0.1) is 12.6 Å². The molecule has 82 valence electrons. The van der Waals surface area contributed by atoms with Gasteiger partial charge in [-0.25, -0.2) is 0 Å². The molecule has 0 bridgehead atoms. The Morgan fingerprint density at radius 3 is 2.93 bits per heavy atom. The van der Waals surface area contributed by atoms with Crippen molar-refractivity contribution in [2.45, 2.75) is 19.4 Å². The zero-order valence-electron chi connectivity index (χ0n) is 8.69. The number of aliphatic hydroxyl groups excluding tert-OH is 1. The van der Waals surface area contributed by atoms with Gasteiger partial charge in [0.2, 0.25) is 6.79 Å². The first-order valence-electron chi connectivity index (χ1n) is 5.05. The number of fused-ring (bicyclic) bond motifs is 1. The van der Waals surface area contributed by atoms with E-state index in [1.807, 2.05) is 19.1 Å². The molecule has 0 fully saturated rings. The molecule has 1 aromatic carbocycles. The van der Waals surface area contributed by atoms with Gasteiger partial charge in [-0.05, 0) is 18.1 Å². The summed E-state index contributed by atoms with van der Waals surface area (Å²) in [6.45, 7) is 2.23. The maximum absolute atomic E-state index is 9.06. The highest BCUT2D eigenvalue weighted by Gasteiger charge is 2.21. The minimum atomic E-state index is -0.352. The van der Waals surface area contributed by atoms with Crippen LogP contribution in [0.5, 0.6) is 11.5 Å². The third-order valence-corrected chi connectivity index (χ3v) is 2.63. The van der Waals surface area contributed by atoms with Gasteiger partial charge in [-0.2, -0.15) is 0 Å². The number of rotatable bonds is 3. The molecule has 0 spiro atoms. The van der Waals surface area contributed by atoms with Crippen LogP contribution in [-0.4, -0.2) is 18.5 Å². The van der Waals surface area contributed by atoms with E-state index in [4.69, 9.17) is 20.3 Å². The molecule has 1 atom stereocenters. The van der Waals surface area contributed by atoms with E-state index >= 15 is 0 Å². The van der Waals surface area contributed by atoms with Crippen molar-refractivity contribution in [2.75, 3.05) is 13.4 Å². The second-order valence-corrected chi connectivity index (χ2v) is 3.51. The molecule has 0 saturated carbocycles. The highest BCUT2D eigenvalue weighted by molar-refractivity contribution is 5.53. The molecule has 4 nitrogen and oxygen atoms in total. The molecule has 3 N–H and O–H groups in total. The summed E-state index contributed by atoms with van der Waals surface area (Å²) in [5, 5.41) is 9.06. The topological polar surface area (TPSA) is 64.7 Å². The molecule has 4 heteroatoms. The molecule has 0 amide bonds. The standard InChI is InChI=1S/C11H15NO3/c1-2-7-8(9(12)5-13)3-4-10-11(7)15-6-14-10/h3-4,9,13H,2,5-6,12H2,1H3. The Morgan fingerprint density at radius 1 is 1.47 bits per heavy atom. The summed E-state index contributed by atoms with van der Waals surface area (Å²) in [5.41, 5.74) is 7.79. The van der Waals surface area contributed by atoms with E-state index in [0.29, 0.717) is 0 Å². The van der Waals surface area contributed by atoms with E-state index in [1.54, 1.807) is 0 Å². The highest BCUT2D eigenvalue weighted by Crippen LogP contribution is 2.39. The number of hydrogen-bond donors (Lipinski definition) is 2. The fourth-order valence-corrected chi connectivity index (χ4v) is 1.86. The minimum absolute atomic E-state index is 0.0629. The van der Waals surface area contributed by atoms with Gasteiger partial charge >= 0.3 is 0 Å². The van der Waals surface area contributed by atoms with E-state index in [2.05, 4.69) is 0 Å². The lowest BCUT2D eigenvalue weighted by Crippen LogP contribution is -2.16. The van der Waals surface area contributed by atoms with E-state index in [9.17, 15) is 0 Å². The Labute approximate surface area is 88.6 Å². The van der Waals surface area contributed by atoms with Gasteiger partial charge in [-0.15, -0.1) is 0 Å². The van der Waals surface area contributed by atoms with Crippen molar-refractivity contribution in [3.63, 3.8) is 0 Å². The molecular weight excluding hydrogens is 194 g/mol. The summed E-state index contributed by atoms with van der Waals surface area (Å²) in [6, 6.07) is 3.38. The third-order valence-electron chi connectivity index (χ3n) is 2.63. The lowest BCUT2D eigenvalue weighted by atomic mass is 9.98. The van der Waals surface area contributed by atoms with Gasteiger partial charge in [0.25, 0.3) is 0 Å². The predicted octanol–water partition coefficient (Wildman–Crippen LogP) is 0.970. The molecule has 0 saturated heterocycles. The average molecular weight is 209 g/mol. The Hall–Kier alpha value is -1.26. The number of aliphatic hydroxyl groups is 1. The van der Waals surface area contributed by atoms with Crippen molar-refractivity contribution in [1.82, 2.24) is 0 Å². The second-order valence-electron chi connectivity index (χ2n) is 3.51. The van der Waals surface area contributed by atoms with Crippen molar-refractivity contribution in [1.29, 1.82) is 0 Å². The smallest absolute Gasteiger partial charge is 0.231 e. The van der Waals surface area contributed by atoms with Gasteiger partial charge in [0.15, 0.2) is 11.5 Å². The van der Waals surface area contributed by atoms with E-state index in [0.717, 1.165) is 29.0 Å². The maximum atomic E-state index is 9.06. The monoisotopic (exact) mass is 209 g/mol. The van der Waals surface area contributed by atoms with Crippen LogP contribution in [0.25, 0.3) is 0 Å². The summed E-state index contributed by atoms with van der Waals surface area (Å²) in [5.74, 6) is 1.54. The SMILES string of the molecule is CCc1c(C(N)CO)ccc2c1OCO2. The van der Waals surface area contributed by atoms with Gasteiger partial charge < -0.3 is 20.3 Å². The van der Waals surface area contributed by atoms with Crippen LogP contribution in [0.15, 0.2) is 12.1 Å². The minimum Gasteiger partial charge on any atom is -0.454 e. The van der Waals surface area contributed by atoms with Crippen LogP contribution >= 0.6 is 0 Å². The normalized spacial score (nSPS) is 15.4. The molecule has 1 aromatic rings. The molecule has 1 unspecified atom stereocenters. The van der Waals surface area contributed by atoms with Gasteiger partial charge in [-0.1, -0.05) is 13.0 Å². The van der Waals surface area contributed by atoms with Crippen LogP contribution in [0.3, 0.4) is 0 Å². The quantitative estimate of drug-likeness (QED) is 0.778. The summed E-state index contributed by atoms with van der Waals surface area (Å²) in [7, 11) is 0. The van der Waals surface area contributed by atoms with Gasteiger partial charge in [0, 0.05) is 5.56 Å². The first-order chi connectivity index (χ1) is 7.27. The number of benzene rings is 1. The van der Waals surface area contributed by atoms with E-state index in [-0.39, 0.29) is 19.4 Å². The largest absolute Gasteiger partial charge is 0.454 e. The zero-order valence-corrected chi connectivity index (χ0v) is 8.69. The summed E-state index contributed by atoms with van der Waals surface area (Å²) < 4.78 is 10.7. The fourth-order valence-electron chi connectivity index (χ4n) is 1.86. The number of ether oxygens (including phenoxy) is 2. The van der Waals surface area contributed by atoms with Crippen molar-refractivity contribution in [3.05, 3.63) is 23.3 Å². The lowest BCUT2D eigenvalue weighted by Gasteiger charge is -2.15. The van der Waals surface area contributed by atoms with Crippen LogP contribution < -0.4 is 15.2 Å². The Kier molecular flexibility index (Phi) is 2.79. The van der Waals surface area contributed by atoms with Gasteiger partial charge in [-0.3, -0.25) is 0 Å². The average Bonchev–Trinajstić information content (AvgIpc) is 2.74. The Balaban J connectivity index is 2.48. The molecule has 15 heavy (non-hydrogen) atoms. The van der Waals surface area contributed by atoms with Crippen molar-refractivity contribution in [2.24, 2.45) is 5.73 Å². The molecule has 1 aliphatic rings. The third kappa shape index (κ3) is 1.66. The zero-order chi connectivity index (χ0) is 10.8. The van der Waals surface area contributed by atoms with Crippen molar-refractivity contribution >= 4 is 0 Å². The highest BCUT2D eigenvalue weighted by atomic mass is 16.7. The van der Waals surface area contributed by atoms with Crippen LogP contribution in [0.1, 0.15) is 24.1 Å². The lowest BCUT2D eigenvalue weighted by molar-refractivity contribution is 0.173. The molecule has 0 radical (unpaired) electrons. The second kappa shape index (κ2) is 4.08. The Morgan fingerprint density at radius 2 is 2.27 bits per heavy atom.